The van der Waals surface area contributed by atoms with Crippen LogP contribution in [0.3, 0.4) is 0 Å². The number of aliphatic imine (C=N–C) groups is 1. The van der Waals surface area contributed by atoms with Gasteiger partial charge >= 0.3 is 0 Å². The fourth-order valence-electron chi connectivity index (χ4n) is 3.33. The van der Waals surface area contributed by atoms with Gasteiger partial charge in [-0.25, -0.2) is 13.4 Å². The zero-order chi connectivity index (χ0) is 18.6. The first-order valence-electron chi connectivity index (χ1n) is 9.09. The molecular formula is C18H28N4O2S2. The second kappa shape index (κ2) is 8.43. The van der Waals surface area contributed by atoms with E-state index in [0.29, 0.717) is 24.6 Å². The van der Waals surface area contributed by atoms with Crippen LogP contribution in [-0.4, -0.2) is 70.1 Å². The molecule has 0 spiro atoms. The van der Waals surface area contributed by atoms with Crippen molar-refractivity contribution >= 4 is 32.1 Å². The molecule has 0 saturated carbocycles. The number of hydrogen-bond donors (Lipinski definition) is 1. The van der Waals surface area contributed by atoms with Crippen molar-refractivity contribution in [3.63, 3.8) is 0 Å². The Balaban J connectivity index is 1.58. The lowest BCUT2D eigenvalue weighted by atomic mass is 10.1. The molecule has 0 radical (unpaired) electrons. The van der Waals surface area contributed by atoms with E-state index in [0.717, 1.165) is 44.1 Å². The molecule has 2 aliphatic heterocycles. The fraction of sp³-hybridized carbons (Fsp3) is 0.611. The fourth-order valence-corrected chi connectivity index (χ4v) is 5.98. The topological polar surface area (TPSA) is 65.0 Å². The quantitative estimate of drug-likeness (QED) is 0.467. The van der Waals surface area contributed by atoms with Crippen molar-refractivity contribution in [2.75, 3.05) is 55.7 Å². The molecule has 144 valence electrons. The summed E-state index contributed by atoms with van der Waals surface area (Å²) in [6, 6.07) is 4.25. The second-order valence-electron chi connectivity index (χ2n) is 7.17. The number of nitrogens with one attached hydrogen (secondary N) is 1. The molecule has 2 fully saturated rings. The SMILES string of the molecule is C=C(C)CN=C(NCC1CCS(=O)(=O)C1)N1CCN(c2cccs2)CC1. The van der Waals surface area contributed by atoms with Crippen LogP contribution in [0.25, 0.3) is 0 Å². The molecule has 0 bridgehead atoms. The maximum absolute atomic E-state index is 11.7. The first-order valence-corrected chi connectivity index (χ1v) is 11.8. The van der Waals surface area contributed by atoms with E-state index in [9.17, 15) is 8.42 Å². The lowest BCUT2D eigenvalue weighted by Gasteiger charge is -2.37. The minimum Gasteiger partial charge on any atom is -0.360 e. The van der Waals surface area contributed by atoms with Gasteiger partial charge < -0.3 is 15.1 Å². The molecule has 3 rings (SSSR count). The van der Waals surface area contributed by atoms with Gasteiger partial charge in [0.15, 0.2) is 15.8 Å². The summed E-state index contributed by atoms with van der Waals surface area (Å²) in [5.74, 6) is 1.67. The highest BCUT2D eigenvalue weighted by molar-refractivity contribution is 7.91. The molecule has 1 atom stereocenters. The van der Waals surface area contributed by atoms with Crippen molar-refractivity contribution in [3.05, 3.63) is 29.7 Å². The Bertz CT molecular complexity index is 735. The molecule has 2 aliphatic rings. The first kappa shape index (κ1) is 19.2. The van der Waals surface area contributed by atoms with Gasteiger partial charge in [0.25, 0.3) is 0 Å². The standard InChI is InChI=1S/C18H28N4O2S2/c1-15(2)12-19-18(20-13-16-5-11-26(23,24)14-16)22-8-6-21(7-9-22)17-4-3-10-25-17/h3-4,10,16H,1,5-9,11-14H2,2H3,(H,19,20). The Kier molecular flexibility index (Phi) is 6.24. The number of nitrogens with zero attached hydrogens (tertiary/aromatic N) is 3. The molecule has 26 heavy (non-hydrogen) atoms. The van der Waals surface area contributed by atoms with Crippen molar-refractivity contribution in [1.29, 1.82) is 0 Å². The van der Waals surface area contributed by atoms with Gasteiger partial charge in [0, 0.05) is 32.7 Å². The van der Waals surface area contributed by atoms with Crippen LogP contribution in [0.4, 0.5) is 5.00 Å². The Morgan fingerprint density at radius 1 is 1.38 bits per heavy atom. The zero-order valence-corrected chi connectivity index (χ0v) is 17.0. The lowest BCUT2D eigenvalue weighted by Crippen LogP contribution is -2.53. The first-order chi connectivity index (χ1) is 12.4. The average molecular weight is 397 g/mol. The maximum Gasteiger partial charge on any atom is 0.194 e. The van der Waals surface area contributed by atoms with E-state index < -0.39 is 9.84 Å². The summed E-state index contributed by atoms with van der Waals surface area (Å²) in [5, 5.41) is 6.85. The van der Waals surface area contributed by atoms with E-state index in [1.54, 1.807) is 11.3 Å². The van der Waals surface area contributed by atoms with Gasteiger partial charge in [-0.2, -0.15) is 0 Å². The zero-order valence-electron chi connectivity index (χ0n) is 15.4. The molecule has 0 amide bonds. The molecule has 8 heteroatoms. The summed E-state index contributed by atoms with van der Waals surface area (Å²) in [5.41, 5.74) is 1.02. The second-order valence-corrected chi connectivity index (χ2v) is 10.3. The molecule has 1 aromatic rings. The van der Waals surface area contributed by atoms with Crippen molar-refractivity contribution < 1.29 is 8.42 Å². The Labute approximate surface area is 160 Å². The van der Waals surface area contributed by atoms with Gasteiger partial charge in [-0.3, -0.25) is 0 Å². The summed E-state index contributed by atoms with van der Waals surface area (Å²) in [6.45, 7) is 10.9. The van der Waals surface area contributed by atoms with Gasteiger partial charge in [0.2, 0.25) is 0 Å². The summed E-state index contributed by atoms with van der Waals surface area (Å²) in [7, 11) is -2.84. The molecule has 1 unspecified atom stereocenters. The van der Waals surface area contributed by atoms with Crippen LogP contribution in [0.5, 0.6) is 0 Å². The Morgan fingerprint density at radius 2 is 2.15 bits per heavy atom. The molecule has 2 saturated heterocycles. The van der Waals surface area contributed by atoms with Gasteiger partial charge in [-0.15, -0.1) is 11.3 Å². The van der Waals surface area contributed by atoms with Crippen molar-refractivity contribution in [3.8, 4) is 0 Å². The summed E-state index contributed by atoms with van der Waals surface area (Å²) >= 11 is 1.77. The Morgan fingerprint density at radius 3 is 2.73 bits per heavy atom. The van der Waals surface area contributed by atoms with E-state index in [-0.39, 0.29) is 5.92 Å². The molecule has 3 heterocycles. The predicted molar refractivity (Wildman–Crippen MR) is 110 cm³/mol. The van der Waals surface area contributed by atoms with Crippen LogP contribution < -0.4 is 10.2 Å². The van der Waals surface area contributed by atoms with Crippen LogP contribution in [0.2, 0.25) is 0 Å². The van der Waals surface area contributed by atoms with Crippen LogP contribution in [0, 0.1) is 5.92 Å². The monoisotopic (exact) mass is 396 g/mol. The average Bonchev–Trinajstić information content (AvgIpc) is 3.25. The maximum atomic E-state index is 11.7. The van der Waals surface area contributed by atoms with E-state index >= 15 is 0 Å². The van der Waals surface area contributed by atoms with Crippen molar-refractivity contribution in [2.45, 2.75) is 13.3 Å². The van der Waals surface area contributed by atoms with E-state index in [2.05, 4.69) is 39.2 Å². The number of thiophene rings is 1. The number of sulfone groups is 1. The minimum atomic E-state index is -2.84. The van der Waals surface area contributed by atoms with Crippen LogP contribution in [0.1, 0.15) is 13.3 Å². The highest BCUT2D eigenvalue weighted by Crippen LogP contribution is 2.22. The van der Waals surface area contributed by atoms with Gasteiger partial charge in [0.1, 0.15) is 0 Å². The van der Waals surface area contributed by atoms with Gasteiger partial charge in [-0.05, 0) is 36.8 Å². The van der Waals surface area contributed by atoms with E-state index in [1.165, 1.54) is 5.00 Å². The molecule has 0 aliphatic carbocycles. The number of rotatable bonds is 5. The van der Waals surface area contributed by atoms with Crippen LogP contribution in [0.15, 0.2) is 34.7 Å². The lowest BCUT2D eigenvalue weighted by molar-refractivity contribution is 0.369. The van der Waals surface area contributed by atoms with E-state index in [1.807, 2.05) is 6.92 Å². The summed E-state index contributed by atoms with van der Waals surface area (Å²) in [6.07, 6.45) is 0.745. The number of anilines is 1. The third-order valence-electron chi connectivity index (χ3n) is 4.77. The molecular weight excluding hydrogens is 368 g/mol. The summed E-state index contributed by atoms with van der Waals surface area (Å²) in [4.78, 5) is 9.38. The normalized spacial score (nSPS) is 23.3. The smallest absolute Gasteiger partial charge is 0.194 e. The third-order valence-corrected chi connectivity index (χ3v) is 7.54. The third kappa shape index (κ3) is 5.23. The molecule has 1 aromatic heterocycles. The Hall–Kier alpha value is -1.54. The number of piperazine rings is 1. The van der Waals surface area contributed by atoms with Gasteiger partial charge in [-0.1, -0.05) is 12.2 Å². The molecule has 0 aromatic carbocycles. The van der Waals surface area contributed by atoms with Crippen molar-refractivity contribution in [1.82, 2.24) is 10.2 Å². The molecule has 6 nitrogen and oxygen atoms in total. The van der Waals surface area contributed by atoms with E-state index in [4.69, 9.17) is 4.99 Å². The number of guanidine groups is 1. The highest BCUT2D eigenvalue weighted by atomic mass is 32.2. The van der Waals surface area contributed by atoms with Gasteiger partial charge in [0.05, 0.1) is 23.1 Å². The largest absolute Gasteiger partial charge is 0.360 e. The molecule has 1 N–H and O–H groups in total. The predicted octanol–water partition coefficient (Wildman–Crippen LogP) is 1.83. The minimum absolute atomic E-state index is 0.183. The number of hydrogen-bond acceptors (Lipinski definition) is 5. The van der Waals surface area contributed by atoms with Crippen LogP contribution >= 0.6 is 11.3 Å². The van der Waals surface area contributed by atoms with Crippen molar-refractivity contribution in [2.24, 2.45) is 10.9 Å². The van der Waals surface area contributed by atoms with Crippen LogP contribution in [-0.2, 0) is 9.84 Å². The summed E-state index contributed by atoms with van der Waals surface area (Å²) < 4.78 is 23.3. The highest BCUT2D eigenvalue weighted by Gasteiger charge is 2.28.